The normalized spacial score (nSPS) is 16.4. The minimum atomic E-state index is -0.00591. The van der Waals surface area contributed by atoms with Gasteiger partial charge in [-0.2, -0.15) is 0 Å². The van der Waals surface area contributed by atoms with Gasteiger partial charge in [-0.3, -0.25) is 9.69 Å². The summed E-state index contributed by atoms with van der Waals surface area (Å²) in [5.74, 6) is 0.701. The van der Waals surface area contributed by atoms with Gasteiger partial charge in [0, 0.05) is 25.9 Å². The Hall–Kier alpha value is -1.68. The SMILES string of the molecule is O=CCCC(=O)NCCC1CCN(Cc2ccccc2)CC1. The number of benzene rings is 1. The van der Waals surface area contributed by atoms with Crippen LogP contribution >= 0.6 is 0 Å². The molecule has 1 N–H and O–H groups in total. The monoisotopic (exact) mass is 302 g/mol. The number of hydrogen-bond acceptors (Lipinski definition) is 3. The molecule has 0 atom stereocenters. The third-order valence-corrected chi connectivity index (χ3v) is 4.32. The van der Waals surface area contributed by atoms with Crippen LogP contribution in [0, 0.1) is 5.92 Å². The topological polar surface area (TPSA) is 49.4 Å². The van der Waals surface area contributed by atoms with Crippen molar-refractivity contribution in [1.29, 1.82) is 0 Å². The Bertz CT molecular complexity index is 453. The summed E-state index contributed by atoms with van der Waals surface area (Å²) in [6.07, 6.45) is 4.89. The number of nitrogens with one attached hydrogen (secondary N) is 1. The first-order valence-electron chi connectivity index (χ1n) is 8.24. The molecule has 0 aromatic heterocycles. The summed E-state index contributed by atoms with van der Waals surface area (Å²) in [7, 11) is 0. The van der Waals surface area contributed by atoms with Crippen LogP contribution in [-0.4, -0.2) is 36.7 Å². The van der Waals surface area contributed by atoms with E-state index in [-0.39, 0.29) is 5.91 Å². The van der Waals surface area contributed by atoms with E-state index in [9.17, 15) is 9.59 Å². The second-order valence-corrected chi connectivity index (χ2v) is 6.05. The molecular weight excluding hydrogens is 276 g/mol. The minimum absolute atomic E-state index is 0.00591. The number of aldehydes is 1. The first kappa shape index (κ1) is 16.7. The molecule has 1 saturated heterocycles. The molecule has 2 rings (SSSR count). The quantitative estimate of drug-likeness (QED) is 0.750. The van der Waals surface area contributed by atoms with Gasteiger partial charge in [0.25, 0.3) is 0 Å². The van der Waals surface area contributed by atoms with Crippen LogP contribution in [0.4, 0.5) is 0 Å². The van der Waals surface area contributed by atoms with Gasteiger partial charge in [0.2, 0.25) is 5.91 Å². The van der Waals surface area contributed by atoms with Crippen molar-refractivity contribution < 1.29 is 9.59 Å². The van der Waals surface area contributed by atoms with E-state index in [0.717, 1.165) is 38.9 Å². The highest BCUT2D eigenvalue weighted by Crippen LogP contribution is 2.21. The lowest BCUT2D eigenvalue weighted by atomic mass is 9.93. The maximum Gasteiger partial charge on any atom is 0.220 e. The molecule has 1 amide bonds. The van der Waals surface area contributed by atoms with Crippen LogP contribution in [-0.2, 0) is 16.1 Å². The number of carbonyl (C=O) groups excluding carboxylic acids is 2. The van der Waals surface area contributed by atoms with Crippen molar-refractivity contribution in [2.75, 3.05) is 19.6 Å². The van der Waals surface area contributed by atoms with E-state index in [0.29, 0.717) is 18.8 Å². The highest BCUT2D eigenvalue weighted by Gasteiger charge is 2.19. The van der Waals surface area contributed by atoms with Crippen LogP contribution in [0.3, 0.4) is 0 Å². The van der Waals surface area contributed by atoms with Crippen molar-refractivity contribution in [3.05, 3.63) is 35.9 Å². The number of nitrogens with zero attached hydrogens (tertiary/aromatic N) is 1. The van der Waals surface area contributed by atoms with E-state index in [4.69, 9.17) is 0 Å². The first-order chi connectivity index (χ1) is 10.8. The molecule has 1 fully saturated rings. The molecule has 4 nitrogen and oxygen atoms in total. The van der Waals surface area contributed by atoms with Gasteiger partial charge < -0.3 is 10.1 Å². The van der Waals surface area contributed by atoms with Crippen LogP contribution in [0.1, 0.15) is 37.7 Å². The summed E-state index contributed by atoms with van der Waals surface area (Å²) in [6, 6.07) is 10.6. The predicted octanol–water partition coefficient (Wildman–Crippen LogP) is 2.38. The zero-order valence-electron chi connectivity index (χ0n) is 13.2. The minimum Gasteiger partial charge on any atom is -0.356 e. The highest BCUT2D eigenvalue weighted by molar-refractivity contribution is 5.77. The molecule has 120 valence electrons. The number of carbonyl (C=O) groups is 2. The number of hydrogen-bond donors (Lipinski definition) is 1. The summed E-state index contributed by atoms with van der Waals surface area (Å²) in [5.41, 5.74) is 1.38. The average Bonchev–Trinajstić information content (AvgIpc) is 2.55. The molecule has 1 aliphatic rings. The van der Waals surface area contributed by atoms with Crippen molar-refractivity contribution in [1.82, 2.24) is 10.2 Å². The summed E-state index contributed by atoms with van der Waals surface area (Å²) in [4.78, 5) is 24.1. The molecule has 1 heterocycles. The van der Waals surface area contributed by atoms with E-state index in [1.54, 1.807) is 0 Å². The van der Waals surface area contributed by atoms with Gasteiger partial charge in [-0.15, -0.1) is 0 Å². The lowest BCUT2D eigenvalue weighted by Crippen LogP contribution is -2.34. The second kappa shape index (κ2) is 9.36. The molecule has 0 bridgehead atoms. The number of piperidine rings is 1. The zero-order chi connectivity index (χ0) is 15.6. The third kappa shape index (κ3) is 5.98. The Morgan fingerprint density at radius 3 is 2.64 bits per heavy atom. The van der Waals surface area contributed by atoms with Crippen molar-refractivity contribution in [2.45, 2.75) is 38.6 Å². The van der Waals surface area contributed by atoms with E-state index in [2.05, 4.69) is 40.5 Å². The Morgan fingerprint density at radius 2 is 1.95 bits per heavy atom. The Morgan fingerprint density at radius 1 is 1.23 bits per heavy atom. The molecule has 1 aromatic rings. The molecule has 1 aliphatic heterocycles. The van der Waals surface area contributed by atoms with E-state index < -0.39 is 0 Å². The molecule has 0 aliphatic carbocycles. The molecule has 0 radical (unpaired) electrons. The smallest absolute Gasteiger partial charge is 0.220 e. The molecular formula is C18H26N2O2. The maximum atomic E-state index is 11.4. The van der Waals surface area contributed by atoms with Crippen LogP contribution < -0.4 is 5.32 Å². The van der Waals surface area contributed by atoms with Crippen LogP contribution in [0.25, 0.3) is 0 Å². The Balaban J connectivity index is 1.59. The number of likely N-dealkylation sites (tertiary alicyclic amines) is 1. The fourth-order valence-electron chi connectivity index (χ4n) is 2.97. The number of amides is 1. The van der Waals surface area contributed by atoms with Gasteiger partial charge in [0.05, 0.1) is 0 Å². The average molecular weight is 302 g/mol. The predicted molar refractivity (Wildman–Crippen MR) is 87.4 cm³/mol. The largest absolute Gasteiger partial charge is 0.356 e. The van der Waals surface area contributed by atoms with Gasteiger partial charge in [-0.05, 0) is 43.8 Å². The molecule has 0 unspecified atom stereocenters. The zero-order valence-corrected chi connectivity index (χ0v) is 13.2. The summed E-state index contributed by atoms with van der Waals surface area (Å²) in [5, 5.41) is 2.90. The van der Waals surface area contributed by atoms with Crippen LogP contribution in [0.2, 0.25) is 0 Å². The highest BCUT2D eigenvalue weighted by atomic mass is 16.1. The number of rotatable bonds is 8. The van der Waals surface area contributed by atoms with Crippen LogP contribution in [0.5, 0.6) is 0 Å². The van der Waals surface area contributed by atoms with Crippen molar-refractivity contribution in [3.63, 3.8) is 0 Å². The Kier molecular flexibility index (Phi) is 7.10. The van der Waals surface area contributed by atoms with Crippen LogP contribution in [0.15, 0.2) is 30.3 Å². The molecule has 0 saturated carbocycles. The Labute approximate surface area is 132 Å². The van der Waals surface area contributed by atoms with Gasteiger partial charge >= 0.3 is 0 Å². The standard InChI is InChI=1S/C18H26N2O2/c21-14-4-7-18(22)19-11-8-16-9-12-20(13-10-16)15-17-5-2-1-3-6-17/h1-3,5-6,14,16H,4,7-13,15H2,(H,19,22). The fourth-order valence-corrected chi connectivity index (χ4v) is 2.97. The summed E-state index contributed by atoms with van der Waals surface area (Å²) >= 11 is 0. The van der Waals surface area contributed by atoms with E-state index in [1.807, 2.05) is 0 Å². The molecule has 1 aromatic carbocycles. The van der Waals surface area contributed by atoms with Crippen molar-refractivity contribution >= 4 is 12.2 Å². The lowest BCUT2D eigenvalue weighted by molar-refractivity contribution is -0.122. The maximum absolute atomic E-state index is 11.4. The van der Waals surface area contributed by atoms with Crippen molar-refractivity contribution in [2.24, 2.45) is 5.92 Å². The fraction of sp³-hybridized carbons (Fsp3) is 0.556. The summed E-state index contributed by atoms with van der Waals surface area (Å²) < 4.78 is 0. The lowest BCUT2D eigenvalue weighted by Gasteiger charge is -2.32. The molecule has 22 heavy (non-hydrogen) atoms. The van der Waals surface area contributed by atoms with Gasteiger partial charge in [0.1, 0.15) is 6.29 Å². The van der Waals surface area contributed by atoms with Crippen molar-refractivity contribution in [3.8, 4) is 0 Å². The van der Waals surface area contributed by atoms with Gasteiger partial charge in [-0.25, -0.2) is 0 Å². The third-order valence-electron chi connectivity index (χ3n) is 4.32. The molecule has 0 spiro atoms. The van der Waals surface area contributed by atoms with Gasteiger partial charge in [0.15, 0.2) is 0 Å². The van der Waals surface area contributed by atoms with E-state index >= 15 is 0 Å². The van der Waals surface area contributed by atoms with Gasteiger partial charge in [-0.1, -0.05) is 30.3 Å². The second-order valence-electron chi connectivity index (χ2n) is 6.05. The van der Waals surface area contributed by atoms with E-state index in [1.165, 1.54) is 18.4 Å². The summed E-state index contributed by atoms with van der Waals surface area (Å²) in [6.45, 7) is 4.05. The molecule has 4 heteroatoms. The first-order valence-corrected chi connectivity index (χ1v) is 8.24.